The van der Waals surface area contributed by atoms with E-state index in [0.717, 1.165) is 51.6 Å². The average Bonchev–Trinajstić information content (AvgIpc) is 2.70. The van der Waals surface area contributed by atoms with Crippen molar-refractivity contribution in [1.29, 1.82) is 0 Å². The number of ether oxygens (including phenoxy) is 2. The molecule has 0 aromatic carbocycles. The summed E-state index contributed by atoms with van der Waals surface area (Å²) in [5, 5.41) is 3.16. The van der Waals surface area contributed by atoms with E-state index in [1.54, 1.807) is 0 Å². The minimum atomic E-state index is 0.120. The van der Waals surface area contributed by atoms with Crippen molar-refractivity contribution in [2.45, 2.75) is 110 Å². The number of rotatable bonds is 11. The van der Waals surface area contributed by atoms with Crippen LogP contribution in [0.3, 0.4) is 0 Å². The molecule has 1 amide bonds. The highest BCUT2D eigenvalue weighted by Gasteiger charge is 2.28. The molecule has 2 aliphatic carbocycles. The van der Waals surface area contributed by atoms with Gasteiger partial charge in [-0.25, -0.2) is 0 Å². The maximum absolute atomic E-state index is 12.2. The summed E-state index contributed by atoms with van der Waals surface area (Å²) in [6.07, 6.45) is 10.2. The monoisotopic (exact) mass is 409 g/mol. The highest BCUT2D eigenvalue weighted by molar-refractivity contribution is 5.83. The molecule has 0 radical (unpaired) electrons. The van der Waals surface area contributed by atoms with Gasteiger partial charge in [0, 0.05) is 37.5 Å². The molecule has 0 bridgehead atoms. The summed E-state index contributed by atoms with van der Waals surface area (Å²) in [5.74, 6) is 1.50. The summed E-state index contributed by atoms with van der Waals surface area (Å²) in [6.45, 7) is 9.67. The van der Waals surface area contributed by atoms with E-state index in [9.17, 15) is 9.59 Å². The average molecular weight is 410 g/mol. The van der Waals surface area contributed by atoms with Crippen LogP contribution < -0.4 is 5.32 Å². The minimum Gasteiger partial charge on any atom is -0.379 e. The molecule has 0 aromatic heterocycles. The Hall–Kier alpha value is -0.940. The largest absolute Gasteiger partial charge is 0.379 e. The van der Waals surface area contributed by atoms with Crippen LogP contribution in [0.25, 0.3) is 0 Å². The van der Waals surface area contributed by atoms with E-state index in [2.05, 4.69) is 19.2 Å². The summed E-state index contributed by atoms with van der Waals surface area (Å²) in [7, 11) is 0. The van der Waals surface area contributed by atoms with Gasteiger partial charge < -0.3 is 14.8 Å². The Balaban J connectivity index is 1.50. The Morgan fingerprint density at radius 1 is 0.931 bits per heavy atom. The number of Topliss-reactive ketones (excluding diaryl/α,β-unsaturated/α-hetero) is 1. The number of hydrogen-bond acceptors (Lipinski definition) is 4. The second-order valence-electron chi connectivity index (χ2n) is 9.67. The molecule has 2 aliphatic rings. The molecule has 0 atom stereocenters. The maximum atomic E-state index is 12.2. The van der Waals surface area contributed by atoms with Gasteiger partial charge in [-0.3, -0.25) is 9.59 Å². The first-order valence-electron chi connectivity index (χ1n) is 11.9. The number of amides is 1. The number of carbonyl (C=O) groups excluding carboxylic acids is 2. The standard InChI is InChI=1S/C24H43NO4/c1-17(2)24(27)20-9-11-21(12-10-20)25-23(26)6-5-15-28-22-13-7-19(8-14-22)16-29-18(3)4/h17-22H,5-16H2,1-4H3,(H,25,26). The van der Waals surface area contributed by atoms with Gasteiger partial charge in [0.2, 0.25) is 5.91 Å². The quantitative estimate of drug-likeness (QED) is 0.504. The van der Waals surface area contributed by atoms with Gasteiger partial charge in [-0.2, -0.15) is 0 Å². The van der Waals surface area contributed by atoms with E-state index in [4.69, 9.17) is 9.47 Å². The predicted molar refractivity (Wildman–Crippen MR) is 116 cm³/mol. The van der Waals surface area contributed by atoms with Crippen LogP contribution in [-0.2, 0) is 19.1 Å². The van der Waals surface area contributed by atoms with E-state index in [1.165, 1.54) is 12.8 Å². The Morgan fingerprint density at radius 2 is 1.59 bits per heavy atom. The molecule has 5 nitrogen and oxygen atoms in total. The molecule has 2 rings (SSSR count). The van der Waals surface area contributed by atoms with E-state index in [1.807, 2.05) is 13.8 Å². The topological polar surface area (TPSA) is 64.6 Å². The van der Waals surface area contributed by atoms with E-state index in [0.29, 0.717) is 36.9 Å². The summed E-state index contributed by atoms with van der Waals surface area (Å²) in [5.41, 5.74) is 0. The van der Waals surface area contributed by atoms with Crippen molar-refractivity contribution in [3.05, 3.63) is 0 Å². The fourth-order valence-electron chi connectivity index (χ4n) is 4.57. The molecule has 168 valence electrons. The van der Waals surface area contributed by atoms with Gasteiger partial charge in [0.25, 0.3) is 0 Å². The number of nitrogens with one attached hydrogen (secondary N) is 1. The van der Waals surface area contributed by atoms with E-state index < -0.39 is 0 Å². The Kier molecular flexibility index (Phi) is 10.6. The molecule has 5 heteroatoms. The van der Waals surface area contributed by atoms with Crippen LogP contribution in [0.2, 0.25) is 0 Å². The molecular weight excluding hydrogens is 366 g/mol. The van der Waals surface area contributed by atoms with Crippen molar-refractivity contribution in [3.63, 3.8) is 0 Å². The summed E-state index contributed by atoms with van der Waals surface area (Å²) in [4.78, 5) is 24.3. The lowest BCUT2D eigenvalue weighted by Crippen LogP contribution is -2.39. The molecule has 1 N–H and O–H groups in total. The second kappa shape index (κ2) is 12.7. The first-order valence-corrected chi connectivity index (χ1v) is 11.9. The lowest BCUT2D eigenvalue weighted by Gasteiger charge is -2.29. The maximum Gasteiger partial charge on any atom is 0.220 e. The first kappa shape index (κ1) is 24.3. The molecule has 0 saturated heterocycles. The van der Waals surface area contributed by atoms with Crippen LogP contribution in [0.4, 0.5) is 0 Å². The first-order chi connectivity index (χ1) is 13.8. The highest BCUT2D eigenvalue weighted by atomic mass is 16.5. The summed E-state index contributed by atoms with van der Waals surface area (Å²) in [6, 6.07) is 0.239. The summed E-state index contributed by atoms with van der Waals surface area (Å²) < 4.78 is 11.7. The molecule has 2 fully saturated rings. The number of ketones is 1. The third-order valence-corrected chi connectivity index (χ3v) is 6.42. The molecule has 0 spiro atoms. The van der Waals surface area contributed by atoms with Gasteiger partial charge in [-0.05, 0) is 77.6 Å². The fraction of sp³-hybridized carbons (Fsp3) is 0.917. The normalized spacial score (nSPS) is 27.9. The van der Waals surface area contributed by atoms with Crippen LogP contribution in [0.1, 0.15) is 91.9 Å². The zero-order valence-electron chi connectivity index (χ0n) is 19.1. The second-order valence-corrected chi connectivity index (χ2v) is 9.67. The fourth-order valence-corrected chi connectivity index (χ4v) is 4.57. The number of carbonyl (C=O) groups is 2. The number of hydrogen-bond donors (Lipinski definition) is 1. The predicted octanol–water partition coefficient (Wildman–Crippen LogP) is 4.67. The van der Waals surface area contributed by atoms with Gasteiger partial charge >= 0.3 is 0 Å². The SMILES string of the molecule is CC(C)OCC1CCC(OCCCC(=O)NC2CCC(C(=O)C(C)C)CC2)CC1. The molecule has 0 unspecified atom stereocenters. The Labute approximate surface area is 177 Å². The van der Waals surface area contributed by atoms with E-state index >= 15 is 0 Å². The Bertz CT molecular complexity index is 489. The molecule has 29 heavy (non-hydrogen) atoms. The van der Waals surface area contributed by atoms with E-state index in [-0.39, 0.29) is 23.8 Å². The van der Waals surface area contributed by atoms with Gasteiger partial charge in [0.15, 0.2) is 0 Å². The smallest absolute Gasteiger partial charge is 0.220 e. The molecular formula is C24H43NO4. The molecule has 0 heterocycles. The van der Waals surface area contributed by atoms with Crippen molar-refractivity contribution in [2.75, 3.05) is 13.2 Å². The van der Waals surface area contributed by atoms with Crippen molar-refractivity contribution in [1.82, 2.24) is 5.32 Å². The van der Waals surface area contributed by atoms with Crippen LogP contribution in [0.5, 0.6) is 0 Å². The van der Waals surface area contributed by atoms with Gasteiger partial charge in [-0.15, -0.1) is 0 Å². The van der Waals surface area contributed by atoms with Gasteiger partial charge in [0.1, 0.15) is 5.78 Å². The van der Waals surface area contributed by atoms with Crippen molar-refractivity contribution < 1.29 is 19.1 Å². The lowest BCUT2D eigenvalue weighted by atomic mass is 9.80. The zero-order valence-corrected chi connectivity index (χ0v) is 19.1. The third-order valence-electron chi connectivity index (χ3n) is 6.42. The molecule has 0 aromatic rings. The van der Waals surface area contributed by atoms with Crippen LogP contribution in [-0.4, -0.2) is 43.2 Å². The molecule has 2 saturated carbocycles. The lowest BCUT2D eigenvalue weighted by molar-refractivity contribution is -0.127. The van der Waals surface area contributed by atoms with Crippen LogP contribution in [0.15, 0.2) is 0 Å². The van der Waals surface area contributed by atoms with Crippen LogP contribution in [0, 0.1) is 17.8 Å². The third kappa shape index (κ3) is 9.17. The van der Waals surface area contributed by atoms with Gasteiger partial charge in [-0.1, -0.05) is 13.8 Å². The zero-order chi connectivity index (χ0) is 21.2. The highest BCUT2D eigenvalue weighted by Crippen LogP contribution is 2.28. The van der Waals surface area contributed by atoms with Crippen molar-refractivity contribution >= 4 is 11.7 Å². The van der Waals surface area contributed by atoms with Crippen molar-refractivity contribution in [3.8, 4) is 0 Å². The Morgan fingerprint density at radius 3 is 2.17 bits per heavy atom. The van der Waals surface area contributed by atoms with Crippen molar-refractivity contribution in [2.24, 2.45) is 17.8 Å². The van der Waals surface area contributed by atoms with Gasteiger partial charge in [0.05, 0.1) is 12.2 Å². The minimum absolute atomic E-state index is 0.120. The van der Waals surface area contributed by atoms with Crippen LogP contribution >= 0.6 is 0 Å². The molecule has 0 aliphatic heterocycles. The summed E-state index contributed by atoms with van der Waals surface area (Å²) >= 11 is 0.